The predicted molar refractivity (Wildman–Crippen MR) is 233 cm³/mol. The molecule has 0 aliphatic carbocycles. The third-order valence-corrected chi connectivity index (χ3v) is 12.5. The molecule has 5 aromatic rings. The maximum absolute atomic E-state index is 15.4. The fourth-order valence-corrected chi connectivity index (χ4v) is 8.61. The van der Waals surface area contributed by atoms with Gasteiger partial charge in [0.05, 0.1) is 18.8 Å². The number of phenolic OH excluding ortho intramolecular Hbond substituents is 1. The standard InChI is InChI=1S/C48H52N6O7/c1-31-42(46(57)51(5)38-10-14-40(56)15-11-38)27-45(49(31)3)43-25-34-18-19-53(48(59)61-41-16-12-37(13-17-41)50(4)32(2)55)28-36(34)26-44(43)47(58)54-29-35-9-7-6-8-33(35)24-39(54)30-52-20-22-60-23-21-52/h6-17,25-27,39,56H,18-24,28-30H2,1-5H3/t39-/m0/s1. The van der Waals surface area contributed by atoms with E-state index in [9.17, 15) is 19.5 Å². The van der Waals surface area contributed by atoms with Gasteiger partial charge in [0.15, 0.2) is 0 Å². The summed E-state index contributed by atoms with van der Waals surface area (Å²) >= 11 is 0. The maximum atomic E-state index is 15.4. The molecular weight excluding hydrogens is 773 g/mol. The minimum absolute atomic E-state index is 0.0938. The molecule has 4 aromatic carbocycles. The number of nitrogens with zero attached hydrogens (tertiary/aromatic N) is 6. The van der Waals surface area contributed by atoms with E-state index < -0.39 is 6.09 Å². The normalized spacial score (nSPS) is 16.4. The van der Waals surface area contributed by atoms with Crippen LogP contribution in [0.15, 0.2) is 91.0 Å². The van der Waals surface area contributed by atoms with Gasteiger partial charge in [-0.05, 0) is 109 Å². The second-order valence-corrected chi connectivity index (χ2v) is 16.2. The molecule has 4 amide bonds. The zero-order valence-corrected chi connectivity index (χ0v) is 35.4. The topological polar surface area (TPSA) is 128 Å². The average molecular weight is 825 g/mol. The Morgan fingerprint density at radius 3 is 2.16 bits per heavy atom. The SMILES string of the molecule is CC(=O)N(C)c1ccc(OC(=O)N2CCc3cc(-c4cc(C(=O)N(C)c5ccc(O)cc5)c(C)n4C)c(C(=O)N4Cc5ccccc5C[C@H]4CN4CCOCC4)cc3C2)cc1. The number of morpholine rings is 1. The highest BCUT2D eigenvalue weighted by molar-refractivity contribution is 6.08. The van der Waals surface area contributed by atoms with Crippen LogP contribution in [0.4, 0.5) is 16.2 Å². The van der Waals surface area contributed by atoms with Gasteiger partial charge in [-0.2, -0.15) is 0 Å². The lowest BCUT2D eigenvalue weighted by Gasteiger charge is -2.41. The Hall–Kier alpha value is -6.44. The number of fused-ring (bicyclic) bond motifs is 2. The van der Waals surface area contributed by atoms with E-state index in [0.29, 0.717) is 67.5 Å². The van der Waals surface area contributed by atoms with E-state index in [2.05, 4.69) is 29.2 Å². The van der Waals surface area contributed by atoms with Gasteiger partial charge in [-0.3, -0.25) is 19.3 Å². The molecule has 1 N–H and O–H groups in total. The summed E-state index contributed by atoms with van der Waals surface area (Å²) in [7, 11) is 5.30. The summed E-state index contributed by atoms with van der Waals surface area (Å²) < 4.78 is 13.4. The van der Waals surface area contributed by atoms with Crippen LogP contribution < -0.4 is 14.5 Å². The molecule has 13 heteroatoms. The molecule has 1 atom stereocenters. The van der Waals surface area contributed by atoms with Crippen molar-refractivity contribution in [3.05, 3.63) is 130 Å². The van der Waals surface area contributed by atoms with Crippen molar-refractivity contribution in [1.29, 1.82) is 0 Å². The Labute approximate surface area is 356 Å². The number of ether oxygens (including phenoxy) is 2. The number of phenols is 1. The van der Waals surface area contributed by atoms with Crippen LogP contribution in [0.5, 0.6) is 11.5 Å². The van der Waals surface area contributed by atoms with Crippen molar-refractivity contribution in [2.24, 2.45) is 7.05 Å². The molecule has 0 spiro atoms. The van der Waals surface area contributed by atoms with Crippen LogP contribution in [0.1, 0.15) is 55.6 Å². The summed E-state index contributed by atoms with van der Waals surface area (Å²) in [5, 5.41) is 9.86. The lowest BCUT2D eigenvalue weighted by Crippen LogP contribution is -2.52. The molecule has 0 bridgehead atoms. The van der Waals surface area contributed by atoms with Crippen molar-refractivity contribution in [3.8, 4) is 22.8 Å². The lowest BCUT2D eigenvalue weighted by atomic mass is 9.89. The molecule has 316 valence electrons. The first kappa shape index (κ1) is 41.3. The van der Waals surface area contributed by atoms with E-state index in [1.165, 1.54) is 17.4 Å². The summed E-state index contributed by atoms with van der Waals surface area (Å²) in [6.07, 6.45) is 0.743. The fourth-order valence-electron chi connectivity index (χ4n) is 8.61. The largest absolute Gasteiger partial charge is 0.508 e. The summed E-state index contributed by atoms with van der Waals surface area (Å²) in [6.45, 7) is 8.11. The maximum Gasteiger partial charge on any atom is 0.415 e. The number of aromatic nitrogens is 1. The van der Waals surface area contributed by atoms with Crippen molar-refractivity contribution in [2.75, 3.05) is 63.3 Å². The second-order valence-electron chi connectivity index (χ2n) is 16.2. The van der Waals surface area contributed by atoms with Crippen molar-refractivity contribution in [3.63, 3.8) is 0 Å². The van der Waals surface area contributed by atoms with Crippen molar-refractivity contribution < 1.29 is 33.8 Å². The van der Waals surface area contributed by atoms with E-state index in [0.717, 1.165) is 53.2 Å². The molecule has 13 nitrogen and oxygen atoms in total. The Bertz CT molecular complexity index is 2470. The molecule has 3 aliphatic heterocycles. The van der Waals surface area contributed by atoms with Gasteiger partial charge in [0.1, 0.15) is 11.5 Å². The lowest BCUT2D eigenvalue weighted by molar-refractivity contribution is -0.116. The molecule has 61 heavy (non-hydrogen) atoms. The van der Waals surface area contributed by atoms with Gasteiger partial charge in [0.25, 0.3) is 11.8 Å². The van der Waals surface area contributed by atoms with Crippen LogP contribution in [0.25, 0.3) is 11.3 Å². The summed E-state index contributed by atoms with van der Waals surface area (Å²) in [5.74, 6) is 0.0315. The van der Waals surface area contributed by atoms with E-state index in [-0.39, 0.29) is 36.1 Å². The average Bonchev–Trinajstić information content (AvgIpc) is 3.57. The number of hydrogen-bond acceptors (Lipinski definition) is 8. The Morgan fingerprint density at radius 2 is 1.46 bits per heavy atom. The first-order valence-corrected chi connectivity index (χ1v) is 20.7. The number of aromatic hydroxyl groups is 1. The molecule has 3 aliphatic rings. The van der Waals surface area contributed by atoms with E-state index in [1.54, 1.807) is 72.4 Å². The summed E-state index contributed by atoms with van der Waals surface area (Å²) in [5.41, 5.74) is 8.72. The van der Waals surface area contributed by atoms with Crippen molar-refractivity contribution in [2.45, 2.75) is 45.8 Å². The second kappa shape index (κ2) is 17.3. The van der Waals surface area contributed by atoms with Crippen molar-refractivity contribution >= 4 is 35.2 Å². The fraction of sp³-hybridized carbons (Fsp3) is 0.333. The van der Waals surface area contributed by atoms with E-state index in [1.807, 2.05) is 41.6 Å². The van der Waals surface area contributed by atoms with E-state index >= 15 is 4.79 Å². The Kier molecular flexibility index (Phi) is 11.7. The Morgan fingerprint density at radius 1 is 0.787 bits per heavy atom. The van der Waals surface area contributed by atoms with Crippen LogP contribution >= 0.6 is 0 Å². The van der Waals surface area contributed by atoms with Crippen LogP contribution in [-0.2, 0) is 42.5 Å². The highest BCUT2D eigenvalue weighted by atomic mass is 16.6. The predicted octanol–water partition coefficient (Wildman–Crippen LogP) is 6.42. The minimum Gasteiger partial charge on any atom is -0.508 e. The van der Waals surface area contributed by atoms with Gasteiger partial charge in [-0.1, -0.05) is 24.3 Å². The van der Waals surface area contributed by atoms with Crippen molar-refractivity contribution in [1.82, 2.24) is 19.3 Å². The molecule has 0 saturated carbocycles. The molecule has 1 aromatic heterocycles. The van der Waals surface area contributed by atoms with Gasteiger partial charge in [-0.15, -0.1) is 0 Å². The van der Waals surface area contributed by atoms with Crippen LogP contribution in [0, 0.1) is 6.92 Å². The molecule has 0 unspecified atom stereocenters. The summed E-state index contributed by atoms with van der Waals surface area (Å²) in [6, 6.07) is 27.4. The zero-order chi connectivity index (χ0) is 42.9. The van der Waals surface area contributed by atoms with Gasteiger partial charge in [-0.25, -0.2) is 4.79 Å². The molecule has 1 fully saturated rings. The van der Waals surface area contributed by atoms with Gasteiger partial charge < -0.3 is 38.7 Å². The third kappa shape index (κ3) is 8.48. The highest BCUT2D eigenvalue weighted by Crippen LogP contribution is 2.36. The Balaban J connectivity index is 1.15. The van der Waals surface area contributed by atoms with Crippen LogP contribution in [0.3, 0.4) is 0 Å². The number of amides is 4. The summed E-state index contributed by atoms with van der Waals surface area (Å²) in [4.78, 5) is 64.1. The monoisotopic (exact) mass is 824 g/mol. The quantitative estimate of drug-likeness (QED) is 0.190. The number of benzene rings is 4. The number of anilines is 2. The van der Waals surface area contributed by atoms with Gasteiger partial charge >= 0.3 is 6.09 Å². The first-order valence-electron chi connectivity index (χ1n) is 20.7. The number of hydrogen-bond donors (Lipinski definition) is 1. The zero-order valence-electron chi connectivity index (χ0n) is 35.4. The number of carbonyl (C=O) groups excluding carboxylic acids is 4. The van der Waals surface area contributed by atoms with Gasteiger partial charge in [0, 0.05) is 107 Å². The molecule has 0 radical (unpaired) electrons. The molecular formula is C48H52N6O7. The number of rotatable bonds is 8. The van der Waals surface area contributed by atoms with Crippen LogP contribution in [-0.4, -0.2) is 108 Å². The molecule has 1 saturated heterocycles. The molecule has 4 heterocycles. The van der Waals surface area contributed by atoms with E-state index in [4.69, 9.17) is 9.47 Å². The highest BCUT2D eigenvalue weighted by Gasteiger charge is 2.35. The first-order chi connectivity index (χ1) is 29.4. The molecule has 8 rings (SSSR count). The van der Waals surface area contributed by atoms with Crippen LogP contribution in [0.2, 0.25) is 0 Å². The smallest absolute Gasteiger partial charge is 0.415 e. The van der Waals surface area contributed by atoms with Gasteiger partial charge in [0.2, 0.25) is 5.91 Å². The number of carbonyl (C=O) groups is 4. The minimum atomic E-state index is -0.507. The third-order valence-electron chi connectivity index (χ3n) is 12.5.